The van der Waals surface area contributed by atoms with Crippen molar-refractivity contribution in [3.8, 4) is 17.1 Å². The molecule has 7 heteroatoms. The average molecular weight is 378 g/mol. The zero-order valence-corrected chi connectivity index (χ0v) is 15.8. The number of amides is 1. The summed E-state index contributed by atoms with van der Waals surface area (Å²) in [6.07, 6.45) is 1.63. The zero-order valence-electron chi connectivity index (χ0n) is 15.0. The second-order valence-corrected chi connectivity index (χ2v) is 6.89. The van der Waals surface area contributed by atoms with Crippen LogP contribution in [-0.2, 0) is 4.79 Å². The van der Waals surface area contributed by atoms with E-state index in [2.05, 4.69) is 10.1 Å². The highest BCUT2D eigenvalue weighted by molar-refractivity contribution is 7.98. The Morgan fingerprint density at radius 2 is 1.89 bits per heavy atom. The molecule has 1 aliphatic rings. The summed E-state index contributed by atoms with van der Waals surface area (Å²) in [6.45, 7) is 1.83. The Hall–Kier alpha value is -2.93. The number of fused-ring (bicyclic) bond motifs is 3. The predicted octanol–water partition coefficient (Wildman–Crippen LogP) is 2.53. The highest BCUT2D eigenvalue weighted by Gasteiger charge is 2.44. The minimum atomic E-state index is -0.537. The van der Waals surface area contributed by atoms with Crippen molar-refractivity contribution in [3.05, 3.63) is 60.2 Å². The number of thioether (sulfide) groups is 1. The second-order valence-electron chi connectivity index (χ2n) is 6.12. The predicted molar refractivity (Wildman–Crippen MR) is 101 cm³/mol. The van der Waals surface area contributed by atoms with Gasteiger partial charge in [0.2, 0.25) is 5.91 Å². The molecule has 1 aromatic heterocycles. The van der Waals surface area contributed by atoms with E-state index >= 15 is 0 Å². The van der Waals surface area contributed by atoms with Crippen molar-refractivity contribution in [2.24, 2.45) is 0 Å². The molecule has 0 N–H and O–H groups in total. The molecule has 27 heavy (non-hydrogen) atoms. The molecule has 4 rings (SSSR count). The Labute approximate surface area is 161 Å². The van der Waals surface area contributed by atoms with Crippen molar-refractivity contribution < 1.29 is 14.6 Å². The first kappa shape index (κ1) is 17.5. The third kappa shape index (κ3) is 2.84. The van der Waals surface area contributed by atoms with Crippen molar-refractivity contribution in [2.45, 2.75) is 24.7 Å². The van der Waals surface area contributed by atoms with Crippen molar-refractivity contribution in [1.82, 2.24) is 10.1 Å². The van der Waals surface area contributed by atoms with Gasteiger partial charge in [0.15, 0.2) is 0 Å². The molecule has 136 valence electrons. The Morgan fingerprint density at radius 1 is 1.19 bits per heavy atom. The summed E-state index contributed by atoms with van der Waals surface area (Å²) < 4.78 is 1.65. The van der Waals surface area contributed by atoms with Crippen LogP contribution in [0.5, 0.6) is 5.88 Å². The number of carbonyl (C=O) groups excluding carboxylic acids is 1. The van der Waals surface area contributed by atoms with E-state index in [0.29, 0.717) is 28.5 Å². The molecule has 0 radical (unpaired) electrons. The largest absolute Gasteiger partial charge is 0.854 e. The molecule has 0 aliphatic carbocycles. The summed E-state index contributed by atoms with van der Waals surface area (Å²) >= 11 is 1.30. The number of nitrogens with zero attached hydrogens (tertiary/aromatic N) is 4. The van der Waals surface area contributed by atoms with E-state index in [1.165, 1.54) is 11.8 Å². The van der Waals surface area contributed by atoms with Crippen molar-refractivity contribution in [3.63, 3.8) is 0 Å². The van der Waals surface area contributed by atoms with Crippen molar-refractivity contribution in [2.75, 3.05) is 11.2 Å². The van der Waals surface area contributed by atoms with Crippen LogP contribution in [0.25, 0.3) is 11.3 Å². The molecule has 0 bridgehead atoms. The molecule has 0 saturated carbocycles. The third-order valence-corrected chi connectivity index (χ3v) is 5.11. The van der Waals surface area contributed by atoms with Gasteiger partial charge in [0.05, 0.1) is 17.1 Å². The quantitative estimate of drug-likeness (QED) is 0.517. The van der Waals surface area contributed by atoms with E-state index in [0.717, 1.165) is 5.56 Å². The van der Waals surface area contributed by atoms with E-state index in [1.54, 1.807) is 9.58 Å². The number of aromatic nitrogens is 3. The summed E-state index contributed by atoms with van der Waals surface area (Å²) in [5.74, 6) is -0.377. The fraction of sp³-hybridized carbons (Fsp3) is 0.200. The van der Waals surface area contributed by atoms with Crippen LogP contribution in [0.3, 0.4) is 0 Å². The Morgan fingerprint density at radius 3 is 2.59 bits per heavy atom. The fourth-order valence-electron chi connectivity index (χ4n) is 3.39. The van der Waals surface area contributed by atoms with Crippen LogP contribution >= 0.6 is 11.8 Å². The van der Waals surface area contributed by atoms with Crippen LogP contribution in [-0.4, -0.2) is 22.2 Å². The standard InChI is InChI=1S/C20H18N4O2S/c1-3-16(25)23-15-12-8-7-11-14(15)17-18(26)21-20(27-2)22-24(17)19(23)13-9-5-4-6-10-13/h4-12,19H,3H2,1-2H3. The van der Waals surface area contributed by atoms with Crippen LogP contribution in [0.4, 0.5) is 5.69 Å². The van der Waals surface area contributed by atoms with Gasteiger partial charge in [0.25, 0.3) is 17.0 Å². The van der Waals surface area contributed by atoms with Crippen LogP contribution in [0.2, 0.25) is 0 Å². The molecular formula is C20H18N4O2S. The highest BCUT2D eigenvalue weighted by Crippen LogP contribution is 2.40. The summed E-state index contributed by atoms with van der Waals surface area (Å²) in [7, 11) is 0. The monoisotopic (exact) mass is 378 g/mol. The van der Waals surface area contributed by atoms with Crippen LogP contribution < -0.4 is 14.7 Å². The van der Waals surface area contributed by atoms with Gasteiger partial charge in [-0.15, -0.1) is 0 Å². The molecule has 1 atom stereocenters. The second kappa shape index (κ2) is 7.00. The van der Waals surface area contributed by atoms with E-state index in [9.17, 15) is 9.90 Å². The molecular weight excluding hydrogens is 360 g/mol. The lowest BCUT2D eigenvalue weighted by atomic mass is 10.0. The maximum Gasteiger partial charge on any atom is 0.293 e. The van der Waals surface area contributed by atoms with Crippen molar-refractivity contribution in [1.29, 1.82) is 0 Å². The van der Waals surface area contributed by atoms with Gasteiger partial charge in [-0.1, -0.05) is 65.8 Å². The number of anilines is 1. The highest BCUT2D eigenvalue weighted by atomic mass is 32.2. The summed E-state index contributed by atoms with van der Waals surface area (Å²) in [5.41, 5.74) is 2.66. The van der Waals surface area contributed by atoms with Gasteiger partial charge in [-0.25, -0.2) is 9.88 Å². The first-order valence-electron chi connectivity index (χ1n) is 8.67. The summed E-state index contributed by atoms with van der Waals surface area (Å²) in [5, 5.41) is 17.8. The molecule has 0 fully saturated rings. The lowest BCUT2D eigenvalue weighted by Gasteiger charge is -2.33. The smallest absolute Gasteiger partial charge is 0.293 e. The number of rotatable bonds is 3. The number of carbonyl (C=O) groups is 1. The number of hydrogen-bond acceptors (Lipinski definition) is 5. The molecule has 1 aliphatic heterocycles. The molecule has 0 saturated heterocycles. The minimum absolute atomic E-state index is 0.0359. The number of benzene rings is 2. The van der Waals surface area contributed by atoms with Crippen LogP contribution in [0, 0.1) is 0 Å². The maximum atomic E-state index is 12.9. The first-order valence-corrected chi connectivity index (χ1v) is 9.89. The first-order chi connectivity index (χ1) is 13.2. The zero-order chi connectivity index (χ0) is 19.0. The van der Waals surface area contributed by atoms with E-state index in [-0.39, 0.29) is 11.8 Å². The SMILES string of the molecule is CCC(=O)N1c2ccccc2-c2c([O-])nc(SC)n[n+]2C1c1ccccc1. The van der Waals surface area contributed by atoms with E-state index < -0.39 is 6.17 Å². The van der Waals surface area contributed by atoms with E-state index in [4.69, 9.17) is 0 Å². The van der Waals surface area contributed by atoms with Gasteiger partial charge < -0.3 is 5.11 Å². The van der Waals surface area contributed by atoms with Gasteiger partial charge >= 0.3 is 0 Å². The normalized spacial score (nSPS) is 15.2. The van der Waals surface area contributed by atoms with E-state index in [1.807, 2.05) is 67.8 Å². The van der Waals surface area contributed by atoms with Gasteiger partial charge in [-0.2, -0.15) is 0 Å². The Bertz CT molecular complexity index is 1010. The minimum Gasteiger partial charge on any atom is -0.854 e. The topological polar surface area (TPSA) is 73.0 Å². The molecule has 2 heterocycles. The van der Waals surface area contributed by atoms with Crippen LogP contribution in [0.15, 0.2) is 59.8 Å². The van der Waals surface area contributed by atoms with Gasteiger partial charge in [-0.3, -0.25) is 4.79 Å². The number of para-hydroxylation sites is 1. The Kier molecular flexibility index (Phi) is 4.53. The van der Waals surface area contributed by atoms with Crippen molar-refractivity contribution >= 4 is 23.4 Å². The summed E-state index contributed by atoms with van der Waals surface area (Å²) in [6, 6.07) is 17.1. The lowest BCUT2D eigenvalue weighted by molar-refractivity contribution is -0.764. The van der Waals surface area contributed by atoms with Gasteiger partial charge in [0.1, 0.15) is 0 Å². The van der Waals surface area contributed by atoms with Crippen LogP contribution in [0.1, 0.15) is 25.1 Å². The molecule has 6 nitrogen and oxygen atoms in total. The fourth-order valence-corrected chi connectivity index (χ4v) is 3.73. The third-order valence-electron chi connectivity index (χ3n) is 4.57. The molecule has 3 aromatic rings. The average Bonchev–Trinajstić information content (AvgIpc) is 2.72. The molecule has 1 amide bonds. The number of hydrogen-bond donors (Lipinski definition) is 0. The van der Waals surface area contributed by atoms with Gasteiger partial charge in [0, 0.05) is 17.1 Å². The van der Waals surface area contributed by atoms with Gasteiger partial charge in [-0.05, 0) is 18.4 Å². The Balaban J connectivity index is 2.07. The maximum absolute atomic E-state index is 12.9. The summed E-state index contributed by atoms with van der Waals surface area (Å²) in [4.78, 5) is 18.8. The molecule has 2 aromatic carbocycles. The lowest BCUT2D eigenvalue weighted by Crippen LogP contribution is -2.59. The molecule has 1 unspecified atom stereocenters. The molecule has 0 spiro atoms.